The molecular weight excluding hydrogens is 171 g/mol. The molecule has 0 radical (unpaired) electrons. The fourth-order valence-electron chi connectivity index (χ4n) is 1.06. The molecule has 1 rings (SSSR count). The minimum absolute atomic E-state index is 1.03. The normalized spacial score (nSPS) is 49.2. The average molecular weight is 182 g/mol. The number of aliphatic hydroxyl groups excluding tert-OH is 4. The van der Waals surface area contributed by atoms with Crippen LogP contribution in [0.5, 0.6) is 0 Å². The largest absolute Gasteiger partial charge is 0.387 e. The summed E-state index contributed by atoms with van der Waals surface area (Å²) in [6.45, 7) is -1.03. The van der Waals surface area contributed by atoms with E-state index < -0.39 is 37.4 Å². The molecule has 0 bridgehead atoms. The SMILES string of the molecule is OC1OC(CF)[C@@H](O)[C@@H](O)C1O. The highest BCUT2D eigenvalue weighted by Crippen LogP contribution is 2.19. The Morgan fingerprint density at radius 2 is 1.58 bits per heavy atom. The second-order valence-corrected chi connectivity index (χ2v) is 2.69. The summed E-state index contributed by atoms with van der Waals surface area (Å²) in [6, 6.07) is 0. The lowest BCUT2D eigenvalue weighted by Gasteiger charge is -2.37. The maximum Gasteiger partial charge on any atom is 0.184 e. The summed E-state index contributed by atoms with van der Waals surface area (Å²) in [7, 11) is 0. The molecule has 1 heterocycles. The third-order valence-electron chi connectivity index (χ3n) is 1.84. The third kappa shape index (κ3) is 1.57. The summed E-state index contributed by atoms with van der Waals surface area (Å²) in [5.41, 5.74) is 0. The van der Waals surface area contributed by atoms with Gasteiger partial charge in [0, 0.05) is 0 Å². The van der Waals surface area contributed by atoms with Crippen LogP contribution in [0, 0.1) is 0 Å². The van der Waals surface area contributed by atoms with Gasteiger partial charge in [0.1, 0.15) is 31.1 Å². The van der Waals surface area contributed by atoms with Gasteiger partial charge in [-0.1, -0.05) is 0 Å². The van der Waals surface area contributed by atoms with Crippen LogP contribution in [0.15, 0.2) is 0 Å². The second-order valence-electron chi connectivity index (χ2n) is 2.69. The number of aliphatic hydroxyl groups is 4. The molecule has 3 unspecified atom stereocenters. The van der Waals surface area contributed by atoms with E-state index in [4.69, 9.17) is 20.4 Å². The van der Waals surface area contributed by atoms with Crippen LogP contribution in [0.1, 0.15) is 0 Å². The Kier molecular flexibility index (Phi) is 2.97. The first kappa shape index (κ1) is 9.82. The smallest absolute Gasteiger partial charge is 0.184 e. The molecule has 0 aromatic heterocycles. The Labute approximate surface area is 68.0 Å². The number of hydrogen-bond donors (Lipinski definition) is 4. The molecule has 1 aliphatic heterocycles. The van der Waals surface area contributed by atoms with E-state index in [1.54, 1.807) is 0 Å². The molecule has 0 saturated carbocycles. The van der Waals surface area contributed by atoms with Gasteiger partial charge in [-0.2, -0.15) is 0 Å². The molecule has 0 aliphatic carbocycles. The minimum Gasteiger partial charge on any atom is -0.387 e. The van der Waals surface area contributed by atoms with Crippen LogP contribution < -0.4 is 0 Å². The van der Waals surface area contributed by atoms with E-state index in [9.17, 15) is 4.39 Å². The zero-order valence-electron chi connectivity index (χ0n) is 6.17. The molecule has 5 nitrogen and oxygen atoms in total. The van der Waals surface area contributed by atoms with Gasteiger partial charge >= 0.3 is 0 Å². The highest BCUT2D eigenvalue weighted by atomic mass is 19.1. The lowest BCUT2D eigenvalue weighted by Crippen LogP contribution is -2.58. The molecule has 4 N–H and O–H groups in total. The Morgan fingerprint density at radius 1 is 1.00 bits per heavy atom. The number of hydrogen-bond acceptors (Lipinski definition) is 5. The highest BCUT2D eigenvalue weighted by Gasteiger charge is 2.42. The molecule has 5 atom stereocenters. The van der Waals surface area contributed by atoms with E-state index in [1.807, 2.05) is 0 Å². The summed E-state index contributed by atoms with van der Waals surface area (Å²) in [5, 5.41) is 35.8. The Balaban J connectivity index is 2.63. The number of ether oxygens (including phenoxy) is 1. The molecule has 72 valence electrons. The van der Waals surface area contributed by atoms with Gasteiger partial charge in [-0.05, 0) is 0 Å². The monoisotopic (exact) mass is 182 g/mol. The van der Waals surface area contributed by atoms with Crippen LogP contribution in [-0.4, -0.2) is 57.8 Å². The number of rotatable bonds is 1. The zero-order chi connectivity index (χ0) is 9.30. The van der Waals surface area contributed by atoms with Crippen molar-refractivity contribution in [2.75, 3.05) is 6.67 Å². The van der Waals surface area contributed by atoms with Crippen molar-refractivity contribution in [3.05, 3.63) is 0 Å². The second kappa shape index (κ2) is 3.63. The summed E-state index contributed by atoms with van der Waals surface area (Å²) in [5.74, 6) is 0. The summed E-state index contributed by atoms with van der Waals surface area (Å²) >= 11 is 0. The molecule has 1 fully saturated rings. The van der Waals surface area contributed by atoms with Crippen molar-refractivity contribution in [3.63, 3.8) is 0 Å². The first-order valence-corrected chi connectivity index (χ1v) is 3.51. The zero-order valence-corrected chi connectivity index (χ0v) is 6.17. The molecule has 1 aliphatic rings. The first-order valence-electron chi connectivity index (χ1n) is 3.51. The molecule has 12 heavy (non-hydrogen) atoms. The molecule has 0 aromatic carbocycles. The van der Waals surface area contributed by atoms with Crippen molar-refractivity contribution in [2.24, 2.45) is 0 Å². The predicted molar refractivity (Wildman–Crippen MR) is 34.9 cm³/mol. The Morgan fingerprint density at radius 3 is 2.08 bits per heavy atom. The standard InChI is InChI=1S/C6H11FO5/c7-1-2-3(8)4(9)5(10)6(11)12-2/h2-6,8-11H,1H2/t2?,3-,4-,5?,6?/m1/s1. The third-order valence-corrected chi connectivity index (χ3v) is 1.84. The topological polar surface area (TPSA) is 90.2 Å². The van der Waals surface area contributed by atoms with Gasteiger partial charge in [-0.3, -0.25) is 0 Å². The van der Waals surface area contributed by atoms with Crippen molar-refractivity contribution in [2.45, 2.75) is 30.7 Å². The summed E-state index contributed by atoms with van der Waals surface area (Å²) < 4.78 is 16.5. The predicted octanol–water partition coefficient (Wildman–Crippen LogP) is -2.24. The molecular formula is C6H11FO5. The minimum atomic E-state index is -1.65. The van der Waals surface area contributed by atoms with Gasteiger partial charge in [0.15, 0.2) is 6.29 Å². The molecule has 0 amide bonds. The maximum atomic E-state index is 12.0. The van der Waals surface area contributed by atoms with Gasteiger partial charge in [-0.25, -0.2) is 4.39 Å². The maximum absolute atomic E-state index is 12.0. The van der Waals surface area contributed by atoms with Crippen LogP contribution in [-0.2, 0) is 4.74 Å². The van der Waals surface area contributed by atoms with Gasteiger partial charge in [0.25, 0.3) is 0 Å². The molecule has 6 heteroatoms. The number of halogens is 1. The highest BCUT2D eigenvalue weighted by molar-refractivity contribution is 4.88. The quantitative estimate of drug-likeness (QED) is 0.368. The molecule has 0 spiro atoms. The fraction of sp³-hybridized carbons (Fsp3) is 1.00. The lowest BCUT2D eigenvalue weighted by atomic mass is 10.00. The Bertz CT molecular complexity index is 150. The molecule has 0 aromatic rings. The van der Waals surface area contributed by atoms with Crippen molar-refractivity contribution in [1.82, 2.24) is 0 Å². The van der Waals surface area contributed by atoms with Crippen molar-refractivity contribution >= 4 is 0 Å². The van der Waals surface area contributed by atoms with Gasteiger partial charge in [0.2, 0.25) is 0 Å². The van der Waals surface area contributed by atoms with Crippen molar-refractivity contribution in [1.29, 1.82) is 0 Å². The lowest BCUT2D eigenvalue weighted by molar-refractivity contribution is -0.283. The van der Waals surface area contributed by atoms with Gasteiger partial charge in [-0.15, -0.1) is 0 Å². The van der Waals surface area contributed by atoms with Crippen LogP contribution in [0.25, 0.3) is 0 Å². The van der Waals surface area contributed by atoms with Crippen molar-refractivity contribution < 1.29 is 29.6 Å². The van der Waals surface area contributed by atoms with Crippen LogP contribution in [0.3, 0.4) is 0 Å². The van der Waals surface area contributed by atoms with Crippen LogP contribution in [0.2, 0.25) is 0 Å². The van der Waals surface area contributed by atoms with Crippen LogP contribution in [0.4, 0.5) is 4.39 Å². The van der Waals surface area contributed by atoms with E-state index in [-0.39, 0.29) is 0 Å². The van der Waals surface area contributed by atoms with Gasteiger partial charge in [0.05, 0.1) is 0 Å². The van der Waals surface area contributed by atoms with E-state index >= 15 is 0 Å². The van der Waals surface area contributed by atoms with Gasteiger partial charge < -0.3 is 25.2 Å². The van der Waals surface area contributed by atoms with Crippen molar-refractivity contribution in [3.8, 4) is 0 Å². The fourth-order valence-corrected chi connectivity index (χ4v) is 1.06. The molecule has 1 saturated heterocycles. The summed E-state index contributed by atoms with van der Waals surface area (Å²) in [6.07, 6.45) is -7.60. The van der Waals surface area contributed by atoms with Crippen LogP contribution >= 0.6 is 0 Å². The number of alkyl halides is 1. The summed E-state index contributed by atoms with van der Waals surface area (Å²) in [4.78, 5) is 0. The Hall–Kier alpha value is -0.270. The first-order chi connectivity index (χ1) is 5.57. The van der Waals surface area contributed by atoms with E-state index in [0.29, 0.717) is 0 Å². The van der Waals surface area contributed by atoms with E-state index in [2.05, 4.69) is 4.74 Å². The van der Waals surface area contributed by atoms with E-state index in [0.717, 1.165) is 0 Å². The average Bonchev–Trinajstić information content (AvgIpc) is 2.08. The van der Waals surface area contributed by atoms with E-state index in [1.165, 1.54) is 0 Å².